The number of hydrogen-bond donors (Lipinski definition) is 0. The Hall–Kier alpha value is -2.53. The molecule has 0 saturated heterocycles. The highest BCUT2D eigenvalue weighted by molar-refractivity contribution is 6.34. The van der Waals surface area contributed by atoms with Gasteiger partial charge in [-0.25, -0.2) is 4.98 Å². The summed E-state index contributed by atoms with van der Waals surface area (Å²) in [5.41, 5.74) is 1.45. The van der Waals surface area contributed by atoms with E-state index >= 15 is 0 Å². The third-order valence-corrected chi connectivity index (χ3v) is 5.69. The molecule has 0 aliphatic heterocycles. The zero-order chi connectivity index (χ0) is 21.8. The van der Waals surface area contributed by atoms with Crippen molar-refractivity contribution in [1.82, 2.24) is 9.55 Å². The first-order valence-electron chi connectivity index (χ1n) is 9.86. The number of halogens is 3. The van der Waals surface area contributed by atoms with E-state index in [1.54, 1.807) is 41.0 Å². The highest BCUT2D eigenvalue weighted by Gasteiger charge is 2.13. The van der Waals surface area contributed by atoms with E-state index in [4.69, 9.17) is 44.5 Å². The first-order valence-corrected chi connectivity index (χ1v) is 11.0. The summed E-state index contributed by atoms with van der Waals surface area (Å²) in [6, 6.07) is 19.8. The van der Waals surface area contributed by atoms with Gasteiger partial charge in [-0.15, -0.1) is 0 Å². The molecule has 4 rings (SSSR count). The summed E-state index contributed by atoms with van der Waals surface area (Å²) in [5.74, 6) is 1.18. The maximum absolute atomic E-state index is 13.2. The standard InChI is InChI=1S/C24H19Cl3N2O2/c25-17-9-7-16(8-10-17)23-28-21-6-2-1-5-19(21)24(30)29(23)13-3-4-14-31-22-15-18(26)11-12-20(22)27/h1-2,5-12,15H,3-4,13-14H2. The van der Waals surface area contributed by atoms with E-state index in [-0.39, 0.29) is 5.56 Å². The average molecular weight is 474 g/mol. The van der Waals surface area contributed by atoms with Gasteiger partial charge in [-0.2, -0.15) is 0 Å². The molecule has 0 saturated carbocycles. The molecule has 0 bridgehead atoms. The molecular formula is C24H19Cl3N2O2. The Morgan fingerprint density at radius 2 is 1.61 bits per heavy atom. The number of fused-ring (bicyclic) bond motifs is 1. The fourth-order valence-electron chi connectivity index (χ4n) is 3.34. The number of aromatic nitrogens is 2. The first kappa shape index (κ1) is 21.7. The van der Waals surface area contributed by atoms with Crippen molar-refractivity contribution >= 4 is 45.7 Å². The largest absolute Gasteiger partial charge is 0.492 e. The molecule has 0 fully saturated rings. The van der Waals surface area contributed by atoms with Crippen LogP contribution in [0.15, 0.2) is 71.5 Å². The Kier molecular flexibility index (Phi) is 6.81. The summed E-state index contributed by atoms with van der Waals surface area (Å²) < 4.78 is 7.47. The fourth-order valence-corrected chi connectivity index (χ4v) is 3.80. The van der Waals surface area contributed by atoms with E-state index in [1.807, 2.05) is 30.3 Å². The second-order valence-electron chi connectivity index (χ2n) is 7.05. The van der Waals surface area contributed by atoms with E-state index in [9.17, 15) is 4.79 Å². The quantitative estimate of drug-likeness (QED) is 0.275. The third-order valence-electron chi connectivity index (χ3n) is 4.89. The number of rotatable bonds is 7. The molecule has 0 N–H and O–H groups in total. The van der Waals surface area contributed by atoms with E-state index < -0.39 is 0 Å². The van der Waals surface area contributed by atoms with Crippen LogP contribution in [0.4, 0.5) is 0 Å². The van der Waals surface area contributed by atoms with Crippen molar-refractivity contribution in [1.29, 1.82) is 0 Å². The van der Waals surface area contributed by atoms with Gasteiger partial charge in [-0.3, -0.25) is 9.36 Å². The molecule has 1 heterocycles. The molecule has 0 aliphatic rings. The van der Waals surface area contributed by atoms with E-state index in [1.165, 1.54) is 0 Å². The molecule has 0 aliphatic carbocycles. The monoisotopic (exact) mass is 472 g/mol. The molecule has 3 aromatic carbocycles. The summed E-state index contributed by atoms with van der Waals surface area (Å²) in [7, 11) is 0. The Labute approximate surface area is 195 Å². The normalized spacial score (nSPS) is 11.1. The van der Waals surface area contributed by atoms with Gasteiger partial charge in [0.05, 0.1) is 22.5 Å². The number of hydrogen-bond acceptors (Lipinski definition) is 3. The number of unbranched alkanes of at least 4 members (excludes halogenated alkanes) is 1. The lowest BCUT2D eigenvalue weighted by atomic mass is 10.1. The van der Waals surface area contributed by atoms with Crippen LogP contribution < -0.4 is 10.3 Å². The van der Waals surface area contributed by atoms with Gasteiger partial charge in [0.25, 0.3) is 5.56 Å². The van der Waals surface area contributed by atoms with Crippen molar-refractivity contribution in [2.75, 3.05) is 6.61 Å². The second-order valence-corrected chi connectivity index (χ2v) is 8.33. The predicted molar refractivity (Wildman–Crippen MR) is 128 cm³/mol. The van der Waals surface area contributed by atoms with Crippen molar-refractivity contribution < 1.29 is 4.74 Å². The molecule has 4 aromatic rings. The fraction of sp³-hybridized carbons (Fsp3) is 0.167. The van der Waals surface area contributed by atoms with E-state index in [0.29, 0.717) is 50.7 Å². The van der Waals surface area contributed by atoms with Gasteiger partial charge < -0.3 is 4.74 Å². The van der Waals surface area contributed by atoms with Crippen LogP contribution in [0.5, 0.6) is 5.75 Å². The van der Waals surface area contributed by atoms with Crippen molar-refractivity contribution in [3.05, 3.63) is 92.2 Å². The highest BCUT2D eigenvalue weighted by Crippen LogP contribution is 2.28. The maximum Gasteiger partial charge on any atom is 0.261 e. The molecule has 1 aromatic heterocycles. The van der Waals surface area contributed by atoms with Gasteiger partial charge in [0, 0.05) is 28.2 Å². The summed E-state index contributed by atoms with van der Waals surface area (Å²) in [5, 5.41) is 2.32. The lowest BCUT2D eigenvalue weighted by Crippen LogP contribution is -2.24. The van der Waals surface area contributed by atoms with Crippen LogP contribution in [0.25, 0.3) is 22.3 Å². The van der Waals surface area contributed by atoms with Crippen molar-refractivity contribution in [3.63, 3.8) is 0 Å². The molecule has 0 unspecified atom stereocenters. The highest BCUT2D eigenvalue weighted by atomic mass is 35.5. The van der Waals surface area contributed by atoms with Gasteiger partial charge >= 0.3 is 0 Å². The molecule has 158 valence electrons. The van der Waals surface area contributed by atoms with Crippen LogP contribution in [-0.4, -0.2) is 16.2 Å². The minimum atomic E-state index is -0.0608. The summed E-state index contributed by atoms with van der Waals surface area (Å²) >= 11 is 18.2. The second kappa shape index (κ2) is 9.73. The Morgan fingerprint density at radius 3 is 2.42 bits per heavy atom. The maximum atomic E-state index is 13.2. The number of para-hydroxylation sites is 1. The Morgan fingerprint density at radius 1 is 0.871 bits per heavy atom. The van der Waals surface area contributed by atoms with Gasteiger partial charge in [-0.1, -0.05) is 46.9 Å². The lowest BCUT2D eigenvalue weighted by Gasteiger charge is -2.14. The number of benzene rings is 3. The molecule has 0 spiro atoms. The topological polar surface area (TPSA) is 44.1 Å². The zero-order valence-corrected chi connectivity index (χ0v) is 18.8. The number of ether oxygens (including phenoxy) is 1. The molecule has 7 heteroatoms. The van der Waals surface area contributed by atoms with Crippen molar-refractivity contribution in [2.45, 2.75) is 19.4 Å². The predicted octanol–water partition coefficient (Wildman–Crippen LogP) is 6.88. The van der Waals surface area contributed by atoms with Crippen LogP contribution in [0.1, 0.15) is 12.8 Å². The van der Waals surface area contributed by atoms with Gasteiger partial charge in [-0.05, 0) is 61.4 Å². The smallest absolute Gasteiger partial charge is 0.261 e. The zero-order valence-electron chi connectivity index (χ0n) is 16.5. The van der Waals surface area contributed by atoms with Crippen LogP contribution >= 0.6 is 34.8 Å². The van der Waals surface area contributed by atoms with Crippen LogP contribution in [0.3, 0.4) is 0 Å². The Bertz CT molecular complexity index is 1270. The van der Waals surface area contributed by atoms with E-state index in [0.717, 1.165) is 18.4 Å². The van der Waals surface area contributed by atoms with Crippen LogP contribution in [-0.2, 0) is 6.54 Å². The summed E-state index contributed by atoms with van der Waals surface area (Å²) in [4.78, 5) is 18.0. The minimum absolute atomic E-state index is 0.0608. The average Bonchev–Trinajstić information content (AvgIpc) is 2.77. The molecular weight excluding hydrogens is 455 g/mol. The Balaban J connectivity index is 1.54. The van der Waals surface area contributed by atoms with Crippen molar-refractivity contribution in [3.8, 4) is 17.1 Å². The van der Waals surface area contributed by atoms with Gasteiger partial charge in [0.1, 0.15) is 11.6 Å². The minimum Gasteiger partial charge on any atom is -0.492 e. The summed E-state index contributed by atoms with van der Waals surface area (Å²) in [6.45, 7) is 0.980. The van der Waals surface area contributed by atoms with Gasteiger partial charge in [0.15, 0.2) is 0 Å². The van der Waals surface area contributed by atoms with Gasteiger partial charge in [0.2, 0.25) is 0 Å². The number of nitrogens with zero attached hydrogens (tertiary/aromatic N) is 2. The van der Waals surface area contributed by atoms with Crippen LogP contribution in [0, 0.1) is 0 Å². The summed E-state index contributed by atoms with van der Waals surface area (Å²) in [6.07, 6.45) is 1.47. The molecule has 4 nitrogen and oxygen atoms in total. The molecule has 0 atom stereocenters. The SMILES string of the molecule is O=c1c2ccccc2nc(-c2ccc(Cl)cc2)n1CCCCOc1cc(Cl)ccc1Cl. The van der Waals surface area contributed by atoms with Crippen molar-refractivity contribution in [2.24, 2.45) is 0 Å². The third kappa shape index (κ3) is 5.04. The lowest BCUT2D eigenvalue weighted by molar-refractivity contribution is 0.303. The molecule has 0 radical (unpaired) electrons. The van der Waals surface area contributed by atoms with E-state index in [2.05, 4.69) is 0 Å². The molecule has 31 heavy (non-hydrogen) atoms. The molecule has 0 amide bonds. The first-order chi connectivity index (χ1) is 15.0. The van der Waals surface area contributed by atoms with Crippen LogP contribution in [0.2, 0.25) is 15.1 Å².